The summed E-state index contributed by atoms with van der Waals surface area (Å²) < 4.78 is 30.2. The predicted molar refractivity (Wildman–Crippen MR) is 112 cm³/mol. The second kappa shape index (κ2) is 8.33. The summed E-state index contributed by atoms with van der Waals surface area (Å²) in [5.41, 5.74) is 2.54. The van der Waals surface area contributed by atoms with Crippen LogP contribution in [0.3, 0.4) is 0 Å². The van der Waals surface area contributed by atoms with Gasteiger partial charge in [0, 0.05) is 44.7 Å². The van der Waals surface area contributed by atoms with Gasteiger partial charge in [-0.15, -0.1) is 0 Å². The standard InChI is InChI=1S/C22H29N3O2S/c1-18-21(20-10-6-3-7-11-20)22(18)23-28(26,27)25-16-14-24(15-17-25)13-12-19-8-4-2-5-9-19/h2-11,18,21-23H,12-17H2,1H3/t18-,21-,22+/m1/s1. The van der Waals surface area contributed by atoms with E-state index in [0.29, 0.717) is 19.0 Å². The summed E-state index contributed by atoms with van der Waals surface area (Å²) in [5, 5.41) is 0. The van der Waals surface area contributed by atoms with Gasteiger partial charge < -0.3 is 4.90 Å². The van der Waals surface area contributed by atoms with Crippen LogP contribution in [-0.4, -0.2) is 56.4 Å². The van der Waals surface area contributed by atoms with Crippen LogP contribution in [0.5, 0.6) is 0 Å². The lowest BCUT2D eigenvalue weighted by Crippen LogP contribution is -2.52. The van der Waals surface area contributed by atoms with Gasteiger partial charge >= 0.3 is 0 Å². The number of nitrogens with zero attached hydrogens (tertiary/aromatic N) is 2. The van der Waals surface area contributed by atoms with Crippen molar-refractivity contribution >= 4 is 10.2 Å². The second-order valence-corrected chi connectivity index (χ2v) is 9.62. The first-order valence-electron chi connectivity index (χ1n) is 10.1. The quantitative estimate of drug-likeness (QED) is 0.778. The molecule has 3 atom stereocenters. The van der Waals surface area contributed by atoms with E-state index in [9.17, 15) is 8.42 Å². The highest BCUT2D eigenvalue weighted by Crippen LogP contribution is 2.47. The first kappa shape index (κ1) is 19.6. The van der Waals surface area contributed by atoms with Crippen molar-refractivity contribution in [3.05, 3.63) is 71.8 Å². The first-order valence-corrected chi connectivity index (χ1v) is 11.6. The summed E-state index contributed by atoms with van der Waals surface area (Å²) in [6.45, 7) is 5.78. The lowest BCUT2D eigenvalue weighted by Gasteiger charge is -2.34. The zero-order valence-electron chi connectivity index (χ0n) is 16.4. The molecule has 1 heterocycles. The summed E-state index contributed by atoms with van der Waals surface area (Å²) in [6.07, 6.45) is 1.00. The van der Waals surface area contributed by atoms with Gasteiger partial charge in [-0.05, 0) is 23.5 Å². The van der Waals surface area contributed by atoms with Gasteiger partial charge in [-0.25, -0.2) is 0 Å². The molecule has 1 saturated heterocycles. The molecule has 2 aliphatic rings. The van der Waals surface area contributed by atoms with Crippen LogP contribution < -0.4 is 4.72 Å². The normalized spacial score (nSPS) is 26.2. The molecule has 0 radical (unpaired) electrons. The summed E-state index contributed by atoms with van der Waals surface area (Å²) in [5.74, 6) is 0.618. The molecule has 1 aliphatic carbocycles. The Morgan fingerprint density at radius 2 is 1.54 bits per heavy atom. The van der Waals surface area contributed by atoms with E-state index in [-0.39, 0.29) is 12.0 Å². The third kappa shape index (κ3) is 4.46. The van der Waals surface area contributed by atoms with Crippen molar-refractivity contribution in [2.75, 3.05) is 32.7 Å². The molecule has 0 aromatic heterocycles. The number of piperazine rings is 1. The van der Waals surface area contributed by atoms with Crippen LogP contribution in [0.15, 0.2) is 60.7 Å². The molecule has 0 spiro atoms. The number of nitrogens with one attached hydrogen (secondary N) is 1. The maximum absolute atomic E-state index is 12.8. The second-order valence-electron chi connectivity index (χ2n) is 7.92. The average Bonchev–Trinajstić information content (AvgIpc) is 3.36. The molecule has 5 nitrogen and oxygen atoms in total. The molecule has 1 aliphatic heterocycles. The van der Waals surface area contributed by atoms with E-state index in [4.69, 9.17) is 0 Å². The van der Waals surface area contributed by atoms with E-state index in [0.717, 1.165) is 26.1 Å². The minimum Gasteiger partial charge on any atom is -0.300 e. The van der Waals surface area contributed by atoms with Crippen molar-refractivity contribution in [3.63, 3.8) is 0 Å². The van der Waals surface area contributed by atoms with Crippen LogP contribution in [0.4, 0.5) is 0 Å². The van der Waals surface area contributed by atoms with Crippen LogP contribution in [-0.2, 0) is 16.6 Å². The van der Waals surface area contributed by atoms with Crippen molar-refractivity contribution in [1.82, 2.24) is 13.9 Å². The molecular formula is C22H29N3O2S. The van der Waals surface area contributed by atoms with Crippen molar-refractivity contribution in [3.8, 4) is 0 Å². The monoisotopic (exact) mass is 399 g/mol. The first-order chi connectivity index (χ1) is 13.5. The Balaban J connectivity index is 1.27. The minimum atomic E-state index is -3.43. The molecule has 1 saturated carbocycles. The number of hydrogen-bond donors (Lipinski definition) is 1. The molecule has 0 amide bonds. The topological polar surface area (TPSA) is 52.7 Å². The molecule has 28 heavy (non-hydrogen) atoms. The third-order valence-corrected chi connectivity index (χ3v) is 7.69. The molecule has 150 valence electrons. The van der Waals surface area contributed by atoms with Gasteiger partial charge in [0.2, 0.25) is 0 Å². The van der Waals surface area contributed by atoms with Crippen molar-refractivity contribution in [1.29, 1.82) is 0 Å². The molecule has 0 unspecified atom stereocenters. The van der Waals surface area contributed by atoms with Gasteiger partial charge in [0.05, 0.1) is 0 Å². The van der Waals surface area contributed by atoms with E-state index in [1.54, 1.807) is 4.31 Å². The van der Waals surface area contributed by atoms with Gasteiger partial charge in [-0.3, -0.25) is 0 Å². The Labute approximate surface area is 168 Å². The fourth-order valence-corrected chi connectivity index (χ4v) is 5.70. The molecule has 0 bridgehead atoms. The number of benzene rings is 2. The highest BCUT2D eigenvalue weighted by atomic mass is 32.2. The third-order valence-electron chi connectivity index (χ3n) is 6.08. The number of rotatable bonds is 7. The van der Waals surface area contributed by atoms with Gasteiger partial charge in [-0.2, -0.15) is 17.4 Å². The van der Waals surface area contributed by atoms with Crippen LogP contribution in [0, 0.1) is 5.92 Å². The van der Waals surface area contributed by atoms with Crippen LogP contribution in [0.25, 0.3) is 0 Å². The van der Waals surface area contributed by atoms with Crippen molar-refractivity contribution in [2.45, 2.75) is 25.3 Å². The van der Waals surface area contributed by atoms with Crippen LogP contribution in [0.1, 0.15) is 24.0 Å². The van der Waals surface area contributed by atoms with E-state index >= 15 is 0 Å². The summed E-state index contributed by atoms with van der Waals surface area (Å²) in [6, 6.07) is 20.6. The molecule has 2 aromatic rings. The Morgan fingerprint density at radius 3 is 2.18 bits per heavy atom. The van der Waals surface area contributed by atoms with Gasteiger partial charge in [0.1, 0.15) is 0 Å². The smallest absolute Gasteiger partial charge is 0.279 e. The predicted octanol–water partition coefficient (Wildman–Crippen LogP) is 2.48. The van der Waals surface area contributed by atoms with Crippen LogP contribution in [0.2, 0.25) is 0 Å². The lowest BCUT2D eigenvalue weighted by molar-refractivity contribution is 0.189. The summed E-state index contributed by atoms with van der Waals surface area (Å²) >= 11 is 0. The van der Waals surface area contributed by atoms with E-state index < -0.39 is 10.2 Å². The SMILES string of the molecule is C[C@H]1[C@H](NS(=O)(=O)N2CCN(CCc3ccccc3)CC2)[C@H]1c1ccccc1. The summed E-state index contributed by atoms with van der Waals surface area (Å²) in [7, 11) is -3.43. The largest absolute Gasteiger partial charge is 0.300 e. The Morgan fingerprint density at radius 1 is 0.929 bits per heavy atom. The lowest BCUT2D eigenvalue weighted by atomic mass is 10.1. The van der Waals surface area contributed by atoms with Crippen molar-refractivity contribution < 1.29 is 8.42 Å². The molecule has 1 N–H and O–H groups in total. The fourth-order valence-electron chi connectivity index (χ4n) is 4.20. The number of hydrogen-bond acceptors (Lipinski definition) is 3. The maximum Gasteiger partial charge on any atom is 0.279 e. The van der Waals surface area contributed by atoms with E-state index in [2.05, 4.69) is 52.9 Å². The van der Waals surface area contributed by atoms with Crippen molar-refractivity contribution in [2.24, 2.45) is 5.92 Å². The summed E-state index contributed by atoms with van der Waals surface area (Å²) in [4.78, 5) is 2.35. The van der Waals surface area contributed by atoms with E-state index in [1.807, 2.05) is 24.3 Å². The highest BCUT2D eigenvalue weighted by Gasteiger charge is 2.50. The van der Waals surface area contributed by atoms with Gasteiger partial charge in [0.25, 0.3) is 10.2 Å². The Kier molecular flexibility index (Phi) is 5.83. The molecule has 4 rings (SSSR count). The molecule has 6 heteroatoms. The highest BCUT2D eigenvalue weighted by molar-refractivity contribution is 7.87. The maximum atomic E-state index is 12.8. The zero-order valence-corrected chi connectivity index (χ0v) is 17.2. The van der Waals surface area contributed by atoms with Gasteiger partial charge in [0.15, 0.2) is 0 Å². The Bertz CT molecular complexity index is 865. The van der Waals surface area contributed by atoms with E-state index in [1.165, 1.54) is 11.1 Å². The molecule has 2 aromatic carbocycles. The minimum absolute atomic E-state index is 0.00325. The molecule has 2 fully saturated rings. The zero-order chi connectivity index (χ0) is 19.6. The van der Waals surface area contributed by atoms with Crippen LogP contribution >= 0.6 is 0 Å². The Hall–Kier alpha value is -1.73. The van der Waals surface area contributed by atoms with Gasteiger partial charge in [-0.1, -0.05) is 67.6 Å². The fraction of sp³-hybridized carbons (Fsp3) is 0.455. The molecular weight excluding hydrogens is 370 g/mol. The average molecular weight is 400 g/mol.